The molecular formula is C18H19N7O2. The van der Waals surface area contributed by atoms with Gasteiger partial charge in [-0.05, 0) is 37.1 Å². The van der Waals surface area contributed by atoms with E-state index < -0.39 is 6.03 Å². The summed E-state index contributed by atoms with van der Waals surface area (Å²) in [6, 6.07) is 7.05. The van der Waals surface area contributed by atoms with Crippen LogP contribution in [0.3, 0.4) is 0 Å². The number of urea groups is 1. The Hall–Kier alpha value is -3.20. The van der Waals surface area contributed by atoms with Crippen LogP contribution in [0.25, 0.3) is 11.0 Å². The molecule has 0 saturated carbocycles. The fraction of sp³-hybridized carbons (Fsp3) is 0.333. The fourth-order valence-electron chi connectivity index (χ4n) is 3.82. The quantitative estimate of drug-likeness (QED) is 0.733. The lowest BCUT2D eigenvalue weighted by Gasteiger charge is -2.34. The average molecular weight is 365 g/mol. The summed E-state index contributed by atoms with van der Waals surface area (Å²) < 4.78 is 5.89. The van der Waals surface area contributed by atoms with Crippen LogP contribution in [0.5, 0.6) is 0 Å². The zero-order chi connectivity index (χ0) is 18.4. The van der Waals surface area contributed by atoms with Crippen molar-refractivity contribution in [2.24, 2.45) is 5.73 Å². The van der Waals surface area contributed by atoms with E-state index in [1.165, 1.54) is 4.90 Å². The highest BCUT2D eigenvalue weighted by Crippen LogP contribution is 2.31. The second-order valence-corrected chi connectivity index (χ2v) is 6.90. The van der Waals surface area contributed by atoms with E-state index in [1.807, 2.05) is 24.3 Å². The molecule has 2 saturated heterocycles. The predicted molar refractivity (Wildman–Crippen MR) is 100.0 cm³/mol. The van der Waals surface area contributed by atoms with Gasteiger partial charge in [-0.15, -0.1) is 0 Å². The maximum Gasteiger partial charge on any atom is 0.326 e. The molecule has 2 unspecified atom stereocenters. The Morgan fingerprint density at radius 1 is 1.19 bits per heavy atom. The minimum Gasteiger partial charge on any atom is -0.371 e. The minimum atomic E-state index is -0.647. The van der Waals surface area contributed by atoms with E-state index in [4.69, 9.17) is 10.5 Å². The number of fused-ring (bicyclic) bond motifs is 3. The summed E-state index contributed by atoms with van der Waals surface area (Å²) in [4.78, 5) is 24.3. The lowest BCUT2D eigenvalue weighted by molar-refractivity contribution is 0.0305. The number of aromatic amines is 1. The molecule has 27 heavy (non-hydrogen) atoms. The summed E-state index contributed by atoms with van der Waals surface area (Å²) in [5, 5.41) is 7.46. The molecule has 2 aliphatic heterocycles. The first-order valence-corrected chi connectivity index (χ1v) is 8.93. The van der Waals surface area contributed by atoms with Crippen molar-refractivity contribution in [3.05, 3.63) is 36.7 Å². The summed E-state index contributed by atoms with van der Waals surface area (Å²) in [6.07, 6.45) is 6.12. The summed E-state index contributed by atoms with van der Waals surface area (Å²) in [5.74, 6) is 0.205. The van der Waals surface area contributed by atoms with Crippen molar-refractivity contribution < 1.29 is 9.53 Å². The van der Waals surface area contributed by atoms with E-state index in [-0.39, 0.29) is 5.95 Å². The van der Waals surface area contributed by atoms with Crippen LogP contribution in [-0.4, -0.2) is 51.5 Å². The highest BCUT2D eigenvalue weighted by Gasteiger charge is 2.33. The number of aromatic nitrogens is 4. The molecule has 2 amide bonds. The van der Waals surface area contributed by atoms with Crippen LogP contribution < -0.4 is 15.5 Å². The van der Waals surface area contributed by atoms with Crippen molar-refractivity contribution in [3.8, 4) is 0 Å². The Balaban J connectivity index is 1.43. The maximum absolute atomic E-state index is 12.1. The Kier molecular flexibility index (Phi) is 3.68. The van der Waals surface area contributed by atoms with Gasteiger partial charge in [-0.25, -0.2) is 14.7 Å². The van der Waals surface area contributed by atoms with E-state index in [0.717, 1.165) is 37.0 Å². The number of ether oxygens (including phenoxy) is 1. The van der Waals surface area contributed by atoms with Crippen molar-refractivity contribution in [1.29, 1.82) is 0 Å². The van der Waals surface area contributed by atoms with Crippen LogP contribution in [0, 0.1) is 0 Å². The molecule has 2 aromatic heterocycles. The monoisotopic (exact) mass is 365 g/mol. The molecule has 5 rings (SSSR count). The van der Waals surface area contributed by atoms with E-state index >= 15 is 0 Å². The summed E-state index contributed by atoms with van der Waals surface area (Å²) in [5.41, 5.74) is 7.86. The first-order chi connectivity index (χ1) is 13.2. The number of carbonyl (C=O) groups is 1. The first-order valence-electron chi connectivity index (χ1n) is 8.93. The van der Waals surface area contributed by atoms with Gasteiger partial charge in [0.1, 0.15) is 0 Å². The molecule has 0 aliphatic carbocycles. The van der Waals surface area contributed by atoms with Crippen LogP contribution in [0.15, 0.2) is 36.7 Å². The molecule has 1 aromatic carbocycles. The van der Waals surface area contributed by atoms with Crippen molar-refractivity contribution in [2.75, 3.05) is 22.9 Å². The second kappa shape index (κ2) is 6.20. The number of primary amides is 1. The zero-order valence-corrected chi connectivity index (χ0v) is 14.6. The van der Waals surface area contributed by atoms with Crippen LogP contribution in [0.1, 0.15) is 12.8 Å². The number of nitrogens with two attached hydrogens (primary N) is 1. The van der Waals surface area contributed by atoms with E-state index in [9.17, 15) is 4.79 Å². The molecule has 2 aliphatic rings. The Bertz CT molecular complexity index is 975. The van der Waals surface area contributed by atoms with Gasteiger partial charge in [-0.1, -0.05) is 0 Å². The molecule has 9 nitrogen and oxygen atoms in total. The number of morpholine rings is 1. The minimum absolute atomic E-state index is 0.205. The van der Waals surface area contributed by atoms with Gasteiger partial charge in [0.05, 0.1) is 29.5 Å². The third-order valence-corrected chi connectivity index (χ3v) is 5.12. The average Bonchev–Trinajstić information content (AvgIpc) is 3.27. The molecule has 0 radical (unpaired) electrons. The number of hydrogen-bond acceptors (Lipinski definition) is 6. The maximum atomic E-state index is 12.1. The number of carbonyl (C=O) groups excluding carboxylic acids is 1. The molecule has 138 valence electrons. The number of nitrogens with one attached hydrogen (secondary N) is 1. The molecule has 4 heterocycles. The van der Waals surface area contributed by atoms with Crippen molar-refractivity contribution in [1.82, 2.24) is 20.2 Å². The highest BCUT2D eigenvalue weighted by molar-refractivity contribution is 5.97. The van der Waals surface area contributed by atoms with Gasteiger partial charge in [0.15, 0.2) is 5.65 Å². The van der Waals surface area contributed by atoms with Gasteiger partial charge in [-0.2, -0.15) is 10.1 Å². The van der Waals surface area contributed by atoms with E-state index in [1.54, 1.807) is 12.4 Å². The van der Waals surface area contributed by atoms with Crippen LogP contribution in [0.2, 0.25) is 0 Å². The van der Waals surface area contributed by atoms with E-state index in [2.05, 4.69) is 25.1 Å². The van der Waals surface area contributed by atoms with Gasteiger partial charge in [-0.3, -0.25) is 5.10 Å². The predicted octanol–water partition coefficient (Wildman–Crippen LogP) is 1.94. The van der Waals surface area contributed by atoms with E-state index in [0.29, 0.717) is 23.5 Å². The molecular weight excluding hydrogens is 346 g/mol. The molecule has 2 bridgehead atoms. The number of hydrogen-bond donors (Lipinski definition) is 2. The van der Waals surface area contributed by atoms with Gasteiger partial charge < -0.3 is 15.4 Å². The standard InChI is InChI=1S/C18H19N7O2/c19-17(26)25(18-20-7-11-8-21-23-16(11)22-18)13-3-1-12(2-4-13)24-9-14-5-6-15(10-24)27-14/h1-4,7-8,14-15H,5-6,9-10H2,(H2,19,26)(H,20,21,22,23). The number of rotatable bonds is 3. The van der Waals surface area contributed by atoms with Gasteiger partial charge in [0.2, 0.25) is 5.95 Å². The number of anilines is 3. The van der Waals surface area contributed by atoms with Crippen molar-refractivity contribution >= 4 is 34.4 Å². The van der Waals surface area contributed by atoms with Crippen molar-refractivity contribution in [3.63, 3.8) is 0 Å². The lowest BCUT2D eigenvalue weighted by atomic mass is 10.2. The largest absolute Gasteiger partial charge is 0.371 e. The Morgan fingerprint density at radius 3 is 2.63 bits per heavy atom. The number of amides is 2. The molecule has 2 fully saturated rings. The lowest BCUT2D eigenvalue weighted by Crippen LogP contribution is -2.42. The Morgan fingerprint density at radius 2 is 1.93 bits per heavy atom. The zero-order valence-electron chi connectivity index (χ0n) is 14.6. The van der Waals surface area contributed by atoms with Crippen molar-refractivity contribution in [2.45, 2.75) is 25.0 Å². The fourth-order valence-corrected chi connectivity index (χ4v) is 3.82. The molecule has 2 atom stereocenters. The number of benzene rings is 1. The summed E-state index contributed by atoms with van der Waals surface area (Å²) in [7, 11) is 0. The molecule has 0 spiro atoms. The SMILES string of the molecule is NC(=O)N(c1ccc(N2CC3CCC(C2)O3)cc1)c1ncc2cn[nH]c2n1. The number of H-pyrrole nitrogens is 1. The summed E-state index contributed by atoms with van der Waals surface area (Å²) in [6.45, 7) is 1.80. The third-order valence-electron chi connectivity index (χ3n) is 5.12. The summed E-state index contributed by atoms with van der Waals surface area (Å²) >= 11 is 0. The topological polar surface area (TPSA) is 113 Å². The molecule has 3 aromatic rings. The normalized spacial score (nSPS) is 21.6. The van der Waals surface area contributed by atoms with Crippen LogP contribution in [0.4, 0.5) is 22.1 Å². The number of nitrogens with zero attached hydrogens (tertiary/aromatic N) is 5. The van der Waals surface area contributed by atoms with Gasteiger partial charge in [0.25, 0.3) is 0 Å². The molecule has 3 N–H and O–H groups in total. The second-order valence-electron chi connectivity index (χ2n) is 6.90. The highest BCUT2D eigenvalue weighted by atomic mass is 16.5. The van der Waals surface area contributed by atoms with Gasteiger partial charge in [0, 0.05) is 25.0 Å². The smallest absolute Gasteiger partial charge is 0.326 e. The first kappa shape index (κ1) is 16.0. The van der Waals surface area contributed by atoms with Gasteiger partial charge >= 0.3 is 6.03 Å². The Labute approximate surface area is 155 Å². The van der Waals surface area contributed by atoms with Crippen LogP contribution in [-0.2, 0) is 4.74 Å². The third kappa shape index (κ3) is 2.85. The molecule has 9 heteroatoms. The van der Waals surface area contributed by atoms with Crippen LogP contribution >= 0.6 is 0 Å².